The molecule has 130 valence electrons. The van der Waals surface area contributed by atoms with Crippen LogP contribution in [0.25, 0.3) is 22.4 Å². The molecule has 0 aliphatic rings. The Kier molecular flexibility index (Phi) is 5.51. The number of hydrogen-bond acceptors (Lipinski definition) is 2. The third-order valence-electron chi connectivity index (χ3n) is 4.23. The quantitative estimate of drug-likeness (QED) is 0.414. The first-order valence-corrected chi connectivity index (χ1v) is 12.5. The molecular weight excluding hydrogens is 324 g/mol. The van der Waals surface area contributed by atoms with Crippen molar-refractivity contribution >= 4 is 8.07 Å². The number of ether oxygens (including phenoxy) is 1. The van der Waals surface area contributed by atoms with E-state index in [2.05, 4.69) is 77.7 Å². The van der Waals surface area contributed by atoms with Crippen molar-refractivity contribution in [2.75, 3.05) is 6.61 Å². The van der Waals surface area contributed by atoms with Crippen LogP contribution in [0.2, 0.25) is 25.7 Å². The molecule has 0 amide bonds. The van der Waals surface area contributed by atoms with E-state index in [0.29, 0.717) is 6.73 Å². The lowest BCUT2D eigenvalue weighted by atomic mass is 10.0. The fourth-order valence-electron chi connectivity index (χ4n) is 2.67. The van der Waals surface area contributed by atoms with Gasteiger partial charge in [-0.15, -0.1) is 0 Å². The number of benzene rings is 2. The van der Waals surface area contributed by atoms with E-state index in [4.69, 9.17) is 4.74 Å². The standard InChI is InChI=1S/C21H26N2OSi/c1-25(2,3)14-13-24-17-23-16-22-15-21(23)20-11-9-19(10-12-20)18-7-5-4-6-8-18/h4-12,15-16H,13-14,17H2,1-3H3. The van der Waals surface area contributed by atoms with Crippen molar-refractivity contribution in [2.24, 2.45) is 0 Å². The number of hydrogen-bond donors (Lipinski definition) is 0. The Labute approximate surface area is 151 Å². The van der Waals surface area contributed by atoms with E-state index in [-0.39, 0.29) is 0 Å². The van der Waals surface area contributed by atoms with Crippen molar-refractivity contribution < 1.29 is 4.74 Å². The van der Waals surface area contributed by atoms with Gasteiger partial charge in [-0.1, -0.05) is 74.2 Å². The second kappa shape index (κ2) is 7.81. The fourth-order valence-corrected chi connectivity index (χ4v) is 3.43. The smallest absolute Gasteiger partial charge is 0.124 e. The predicted octanol–water partition coefficient (Wildman–Crippen LogP) is 5.53. The highest BCUT2D eigenvalue weighted by molar-refractivity contribution is 6.76. The molecule has 0 fully saturated rings. The maximum absolute atomic E-state index is 5.87. The molecule has 4 heteroatoms. The molecule has 1 aromatic heterocycles. The fraction of sp³-hybridized carbons (Fsp3) is 0.286. The Morgan fingerprint density at radius 3 is 2.20 bits per heavy atom. The minimum atomic E-state index is -1.05. The monoisotopic (exact) mass is 350 g/mol. The van der Waals surface area contributed by atoms with Crippen molar-refractivity contribution in [3.8, 4) is 22.4 Å². The molecule has 0 saturated heterocycles. The molecule has 0 saturated carbocycles. The van der Waals surface area contributed by atoms with Gasteiger partial charge in [-0.25, -0.2) is 4.98 Å². The van der Waals surface area contributed by atoms with Gasteiger partial charge < -0.3 is 9.30 Å². The molecule has 3 nitrogen and oxygen atoms in total. The van der Waals surface area contributed by atoms with Crippen LogP contribution in [0.15, 0.2) is 67.1 Å². The number of nitrogens with zero attached hydrogens (tertiary/aromatic N) is 2. The van der Waals surface area contributed by atoms with Crippen LogP contribution in [0.3, 0.4) is 0 Å². The van der Waals surface area contributed by atoms with Gasteiger partial charge in [0, 0.05) is 14.7 Å². The number of imidazole rings is 1. The second-order valence-corrected chi connectivity index (χ2v) is 13.2. The molecule has 0 N–H and O–H groups in total. The van der Waals surface area contributed by atoms with Crippen LogP contribution < -0.4 is 0 Å². The lowest BCUT2D eigenvalue weighted by Gasteiger charge is -2.16. The summed E-state index contributed by atoms with van der Waals surface area (Å²) in [4.78, 5) is 4.30. The second-order valence-electron chi connectivity index (χ2n) is 7.54. The molecular formula is C21H26N2OSi. The van der Waals surface area contributed by atoms with Crippen molar-refractivity contribution in [1.29, 1.82) is 0 Å². The van der Waals surface area contributed by atoms with Crippen LogP contribution in [-0.4, -0.2) is 24.2 Å². The average Bonchev–Trinajstić information content (AvgIpc) is 3.07. The molecule has 0 aliphatic carbocycles. The summed E-state index contributed by atoms with van der Waals surface area (Å²) in [6, 6.07) is 20.2. The topological polar surface area (TPSA) is 27.1 Å². The third kappa shape index (κ3) is 4.90. The lowest BCUT2D eigenvalue weighted by molar-refractivity contribution is 0.0882. The van der Waals surface area contributed by atoms with Gasteiger partial charge in [0.25, 0.3) is 0 Å². The summed E-state index contributed by atoms with van der Waals surface area (Å²) in [5, 5.41) is 0. The molecule has 25 heavy (non-hydrogen) atoms. The summed E-state index contributed by atoms with van der Waals surface area (Å²) in [5.41, 5.74) is 4.71. The Bertz CT molecular complexity index is 789. The highest BCUT2D eigenvalue weighted by atomic mass is 28.3. The first kappa shape index (κ1) is 17.6. The molecule has 3 aromatic rings. The van der Waals surface area contributed by atoms with Crippen LogP contribution >= 0.6 is 0 Å². The zero-order valence-electron chi connectivity index (χ0n) is 15.3. The number of aromatic nitrogens is 2. The summed E-state index contributed by atoms with van der Waals surface area (Å²) in [7, 11) is -1.05. The minimum Gasteiger partial charge on any atom is -0.361 e. The summed E-state index contributed by atoms with van der Waals surface area (Å²) in [5.74, 6) is 0. The molecule has 1 heterocycles. The SMILES string of the molecule is C[Si](C)(C)CCOCn1cncc1-c1ccc(-c2ccccc2)cc1. The zero-order valence-corrected chi connectivity index (χ0v) is 16.3. The predicted molar refractivity (Wildman–Crippen MR) is 107 cm³/mol. The average molecular weight is 351 g/mol. The summed E-state index contributed by atoms with van der Waals surface area (Å²) < 4.78 is 7.94. The third-order valence-corrected chi connectivity index (χ3v) is 5.93. The van der Waals surface area contributed by atoms with Gasteiger partial charge in [-0.3, -0.25) is 0 Å². The van der Waals surface area contributed by atoms with Crippen LogP contribution in [0.1, 0.15) is 0 Å². The molecule has 2 aromatic carbocycles. The maximum Gasteiger partial charge on any atom is 0.124 e. The van der Waals surface area contributed by atoms with Gasteiger partial charge in [0.1, 0.15) is 6.73 Å². The molecule has 0 bridgehead atoms. The Morgan fingerprint density at radius 2 is 1.52 bits per heavy atom. The Balaban J connectivity index is 1.68. The molecule has 0 atom stereocenters. The van der Waals surface area contributed by atoms with Crippen molar-refractivity contribution in [1.82, 2.24) is 9.55 Å². The van der Waals surface area contributed by atoms with E-state index in [1.807, 2.05) is 18.6 Å². The van der Waals surface area contributed by atoms with Gasteiger partial charge in [0.05, 0.1) is 18.2 Å². The summed E-state index contributed by atoms with van der Waals surface area (Å²) in [6.07, 6.45) is 3.74. The minimum absolute atomic E-state index is 0.556. The van der Waals surface area contributed by atoms with E-state index in [1.54, 1.807) is 0 Å². The maximum atomic E-state index is 5.87. The van der Waals surface area contributed by atoms with E-state index in [0.717, 1.165) is 17.9 Å². The van der Waals surface area contributed by atoms with Gasteiger partial charge >= 0.3 is 0 Å². The van der Waals surface area contributed by atoms with Gasteiger partial charge in [0.2, 0.25) is 0 Å². The molecule has 0 unspecified atom stereocenters. The first-order valence-electron chi connectivity index (χ1n) is 8.77. The van der Waals surface area contributed by atoms with Crippen LogP contribution in [-0.2, 0) is 11.5 Å². The van der Waals surface area contributed by atoms with Gasteiger partial charge in [0.15, 0.2) is 0 Å². The van der Waals surface area contributed by atoms with Crippen LogP contribution in [0.4, 0.5) is 0 Å². The van der Waals surface area contributed by atoms with Crippen molar-refractivity contribution in [3.05, 3.63) is 67.1 Å². The lowest BCUT2D eigenvalue weighted by Crippen LogP contribution is -2.22. The molecule has 0 radical (unpaired) electrons. The van der Waals surface area contributed by atoms with Gasteiger partial charge in [-0.2, -0.15) is 0 Å². The van der Waals surface area contributed by atoms with Crippen LogP contribution in [0, 0.1) is 0 Å². The van der Waals surface area contributed by atoms with E-state index in [1.165, 1.54) is 17.2 Å². The Morgan fingerprint density at radius 1 is 0.880 bits per heavy atom. The van der Waals surface area contributed by atoms with E-state index >= 15 is 0 Å². The van der Waals surface area contributed by atoms with Gasteiger partial charge in [-0.05, 0) is 22.7 Å². The summed E-state index contributed by atoms with van der Waals surface area (Å²) >= 11 is 0. The number of rotatable bonds is 7. The van der Waals surface area contributed by atoms with E-state index < -0.39 is 8.07 Å². The largest absolute Gasteiger partial charge is 0.361 e. The van der Waals surface area contributed by atoms with Crippen LogP contribution in [0.5, 0.6) is 0 Å². The van der Waals surface area contributed by atoms with Crippen molar-refractivity contribution in [2.45, 2.75) is 32.4 Å². The molecule has 3 rings (SSSR count). The highest BCUT2D eigenvalue weighted by Crippen LogP contribution is 2.24. The molecule has 0 spiro atoms. The molecule has 0 aliphatic heterocycles. The Hall–Kier alpha value is -2.17. The zero-order chi connectivity index (χ0) is 17.7. The van der Waals surface area contributed by atoms with E-state index in [9.17, 15) is 0 Å². The normalized spacial score (nSPS) is 11.6. The highest BCUT2D eigenvalue weighted by Gasteiger charge is 2.12. The first-order chi connectivity index (χ1) is 12.0. The van der Waals surface area contributed by atoms with Crippen molar-refractivity contribution in [3.63, 3.8) is 0 Å². The summed E-state index contributed by atoms with van der Waals surface area (Å²) in [6.45, 7) is 8.48.